The minimum absolute atomic E-state index is 0.000458. The molecule has 0 atom stereocenters. The fraction of sp³-hybridized carbons (Fsp3) is 0.500. The monoisotopic (exact) mass is 322 g/mol. The first-order valence-electron chi connectivity index (χ1n) is 7.96. The number of hydrogen-bond acceptors (Lipinski definition) is 3. The SMILES string of the molecule is CCOC(=O)C=C1CCC2(CC1)COc1cc(C(F)F)ccc12. The van der Waals surface area contributed by atoms with Gasteiger partial charge in [-0.05, 0) is 38.7 Å². The molecule has 0 unspecified atom stereocenters. The minimum Gasteiger partial charge on any atom is -0.492 e. The van der Waals surface area contributed by atoms with Gasteiger partial charge in [-0.2, -0.15) is 0 Å². The number of esters is 1. The Morgan fingerprint density at radius 2 is 2.13 bits per heavy atom. The first-order valence-corrected chi connectivity index (χ1v) is 7.96. The topological polar surface area (TPSA) is 35.5 Å². The highest BCUT2D eigenvalue weighted by atomic mass is 19.3. The van der Waals surface area contributed by atoms with Gasteiger partial charge in [0.2, 0.25) is 0 Å². The summed E-state index contributed by atoms with van der Waals surface area (Å²) in [5, 5.41) is 0. The molecule has 1 aromatic rings. The van der Waals surface area contributed by atoms with E-state index in [-0.39, 0.29) is 16.9 Å². The molecule has 124 valence electrons. The Morgan fingerprint density at radius 3 is 2.78 bits per heavy atom. The summed E-state index contributed by atoms with van der Waals surface area (Å²) in [5.41, 5.74) is 2.01. The number of halogens is 2. The Morgan fingerprint density at radius 1 is 1.39 bits per heavy atom. The van der Waals surface area contributed by atoms with Crippen LogP contribution in [0.15, 0.2) is 29.8 Å². The zero-order valence-corrected chi connectivity index (χ0v) is 13.1. The van der Waals surface area contributed by atoms with Crippen LogP contribution in [-0.4, -0.2) is 19.2 Å². The summed E-state index contributed by atoms with van der Waals surface area (Å²) in [6.07, 6.45) is 2.44. The molecule has 0 N–H and O–H groups in total. The zero-order chi connectivity index (χ0) is 16.4. The van der Waals surface area contributed by atoms with Gasteiger partial charge in [-0.25, -0.2) is 13.6 Å². The third-order valence-corrected chi connectivity index (χ3v) is 4.79. The minimum atomic E-state index is -2.48. The molecule has 1 spiro atoms. The van der Waals surface area contributed by atoms with Gasteiger partial charge in [0.05, 0.1) is 13.2 Å². The van der Waals surface area contributed by atoms with Gasteiger partial charge in [0, 0.05) is 22.6 Å². The molecule has 3 rings (SSSR count). The molecular formula is C18H20F2O3. The van der Waals surface area contributed by atoms with Crippen LogP contribution in [0.3, 0.4) is 0 Å². The second kappa shape index (κ2) is 6.30. The lowest BCUT2D eigenvalue weighted by Crippen LogP contribution is -2.31. The average molecular weight is 322 g/mol. The Balaban J connectivity index is 1.74. The number of rotatable bonds is 3. The van der Waals surface area contributed by atoms with E-state index in [1.54, 1.807) is 19.1 Å². The van der Waals surface area contributed by atoms with Crippen LogP contribution >= 0.6 is 0 Å². The third kappa shape index (κ3) is 3.09. The van der Waals surface area contributed by atoms with Crippen LogP contribution in [0.2, 0.25) is 0 Å². The summed E-state index contributed by atoms with van der Waals surface area (Å²) >= 11 is 0. The van der Waals surface area contributed by atoms with Crippen LogP contribution in [0.4, 0.5) is 8.78 Å². The average Bonchev–Trinajstić information content (AvgIpc) is 2.88. The highest BCUT2D eigenvalue weighted by Crippen LogP contribution is 2.49. The Kier molecular flexibility index (Phi) is 4.37. The van der Waals surface area contributed by atoms with E-state index in [4.69, 9.17) is 9.47 Å². The van der Waals surface area contributed by atoms with Crippen molar-refractivity contribution in [3.05, 3.63) is 41.0 Å². The van der Waals surface area contributed by atoms with E-state index < -0.39 is 6.43 Å². The molecule has 1 aliphatic heterocycles. The maximum absolute atomic E-state index is 12.8. The predicted molar refractivity (Wildman–Crippen MR) is 81.8 cm³/mol. The molecule has 23 heavy (non-hydrogen) atoms. The summed E-state index contributed by atoms with van der Waals surface area (Å²) in [5.74, 6) is 0.295. The van der Waals surface area contributed by atoms with Crippen molar-refractivity contribution in [2.45, 2.75) is 44.4 Å². The van der Waals surface area contributed by atoms with Crippen LogP contribution in [0.5, 0.6) is 5.75 Å². The predicted octanol–water partition coefficient (Wildman–Crippen LogP) is 4.32. The molecule has 2 aliphatic rings. The normalized spacial score (nSPS) is 22.9. The van der Waals surface area contributed by atoms with Gasteiger partial charge in [-0.3, -0.25) is 0 Å². The van der Waals surface area contributed by atoms with Crippen LogP contribution in [0.1, 0.15) is 50.2 Å². The maximum Gasteiger partial charge on any atom is 0.330 e. The molecule has 0 radical (unpaired) electrons. The highest BCUT2D eigenvalue weighted by molar-refractivity contribution is 5.82. The van der Waals surface area contributed by atoms with Gasteiger partial charge < -0.3 is 9.47 Å². The van der Waals surface area contributed by atoms with Gasteiger partial charge in [0.15, 0.2) is 0 Å². The first kappa shape index (κ1) is 16.0. The van der Waals surface area contributed by atoms with Crippen molar-refractivity contribution < 1.29 is 23.0 Å². The molecule has 1 aliphatic carbocycles. The fourth-order valence-corrected chi connectivity index (χ4v) is 3.48. The summed E-state index contributed by atoms with van der Waals surface area (Å²) in [7, 11) is 0. The number of ether oxygens (including phenoxy) is 2. The molecule has 0 saturated heterocycles. The number of fused-ring (bicyclic) bond motifs is 2. The number of hydrogen-bond donors (Lipinski definition) is 0. The standard InChI is InChI=1S/C18H20F2O3/c1-2-22-16(21)9-12-5-7-18(8-6-12)11-23-15-10-13(17(19)20)3-4-14(15)18/h3-4,9-10,17H,2,5-8,11H2,1H3. The quantitative estimate of drug-likeness (QED) is 0.614. The van der Waals surface area contributed by atoms with Crippen molar-refractivity contribution in [2.75, 3.05) is 13.2 Å². The molecule has 1 aromatic carbocycles. The molecule has 1 heterocycles. The Hall–Kier alpha value is -1.91. The van der Waals surface area contributed by atoms with E-state index in [1.807, 2.05) is 0 Å². The van der Waals surface area contributed by atoms with Crippen molar-refractivity contribution in [1.29, 1.82) is 0 Å². The second-order valence-electron chi connectivity index (χ2n) is 6.18. The Bertz CT molecular complexity index is 627. The molecule has 0 bridgehead atoms. The van der Waals surface area contributed by atoms with E-state index in [9.17, 15) is 13.6 Å². The van der Waals surface area contributed by atoms with E-state index in [0.29, 0.717) is 19.0 Å². The highest BCUT2D eigenvalue weighted by Gasteiger charge is 2.42. The number of allylic oxidation sites excluding steroid dienone is 1. The largest absolute Gasteiger partial charge is 0.492 e. The van der Waals surface area contributed by atoms with Crippen LogP contribution < -0.4 is 4.74 Å². The maximum atomic E-state index is 12.8. The summed E-state index contributed by atoms with van der Waals surface area (Å²) in [4.78, 5) is 11.5. The lowest BCUT2D eigenvalue weighted by atomic mass is 9.69. The van der Waals surface area contributed by atoms with Crippen LogP contribution in [0, 0.1) is 0 Å². The molecule has 0 aromatic heterocycles. The van der Waals surface area contributed by atoms with Crippen molar-refractivity contribution >= 4 is 5.97 Å². The van der Waals surface area contributed by atoms with Crippen LogP contribution in [-0.2, 0) is 14.9 Å². The fourth-order valence-electron chi connectivity index (χ4n) is 3.48. The summed E-state index contributed by atoms with van der Waals surface area (Å²) in [6.45, 7) is 2.69. The van der Waals surface area contributed by atoms with E-state index >= 15 is 0 Å². The van der Waals surface area contributed by atoms with E-state index in [0.717, 1.165) is 36.8 Å². The zero-order valence-electron chi connectivity index (χ0n) is 13.1. The number of carbonyl (C=O) groups is 1. The first-order chi connectivity index (χ1) is 11.0. The molecule has 5 heteroatoms. The van der Waals surface area contributed by atoms with Gasteiger partial charge >= 0.3 is 5.97 Å². The number of alkyl halides is 2. The molecule has 3 nitrogen and oxygen atoms in total. The summed E-state index contributed by atoms with van der Waals surface area (Å²) < 4.78 is 36.2. The Labute approximate surface area is 134 Å². The van der Waals surface area contributed by atoms with Gasteiger partial charge in [0.25, 0.3) is 6.43 Å². The smallest absolute Gasteiger partial charge is 0.330 e. The van der Waals surface area contributed by atoms with Gasteiger partial charge in [0.1, 0.15) is 5.75 Å². The molecule has 0 amide bonds. The van der Waals surface area contributed by atoms with Gasteiger partial charge in [-0.15, -0.1) is 0 Å². The van der Waals surface area contributed by atoms with Crippen molar-refractivity contribution in [3.63, 3.8) is 0 Å². The van der Waals surface area contributed by atoms with E-state index in [1.165, 1.54) is 12.1 Å². The number of benzene rings is 1. The molecular weight excluding hydrogens is 302 g/mol. The third-order valence-electron chi connectivity index (χ3n) is 4.79. The van der Waals surface area contributed by atoms with E-state index in [2.05, 4.69) is 0 Å². The van der Waals surface area contributed by atoms with Gasteiger partial charge in [-0.1, -0.05) is 17.7 Å². The van der Waals surface area contributed by atoms with Crippen molar-refractivity contribution in [2.24, 2.45) is 0 Å². The molecule has 1 fully saturated rings. The van der Waals surface area contributed by atoms with Crippen molar-refractivity contribution in [3.8, 4) is 5.75 Å². The number of carbonyl (C=O) groups excluding carboxylic acids is 1. The molecule has 1 saturated carbocycles. The van der Waals surface area contributed by atoms with Crippen LogP contribution in [0.25, 0.3) is 0 Å². The lowest BCUT2D eigenvalue weighted by Gasteiger charge is -2.33. The summed E-state index contributed by atoms with van der Waals surface area (Å²) in [6, 6.07) is 4.73. The second-order valence-corrected chi connectivity index (χ2v) is 6.18. The van der Waals surface area contributed by atoms with Crippen molar-refractivity contribution in [1.82, 2.24) is 0 Å². The lowest BCUT2D eigenvalue weighted by molar-refractivity contribution is -0.137.